The van der Waals surface area contributed by atoms with E-state index in [0.29, 0.717) is 31.4 Å². The largest absolute Gasteiger partial charge is 0.508 e. The highest BCUT2D eigenvalue weighted by Gasteiger charge is 2.38. The first-order valence-electron chi connectivity index (χ1n) is 16.4. The molecule has 12 heteroatoms. The van der Waals surface area contributed by atoms with Gasteiger partial charge in [0.05, 0.1) is 18.1 Å². The van der Waals surface area contributed by atoms with Crippen LogP contribution < -0.4 is 16.1 Å². The Morgan fingerprint density at radius 2 is 1.77 bits per heavy atom. The number of esters is 1. The summed E-state index contributed by atoms with van der Waals surface area (Å²) in [6, 6.07) is 3.69. The van der Waals surface area contributed by atoms with E-state index in [1.54, 1.807) is 33.1 Å². The summed E-state index contributed by atoms with van der Waals surface area (Å²) in [5, 5.41) is 17.2. The van der Waals surface area contributed by atoms with Crippen molar-refractivity contribution in [3.8, 4) is 5.75 Å². The van der Waals surface area contributed by atoms with Crippen molar-refractivity contribution in [1.29, 1.82) is 0 Å². The van der Waals surface area contributed by atoms with E-state index >= 15 is 0 Å². The molecule has 0 spiro atoms. The van der Waals surface area contributed by atoms with Crippen molar-refractivity contribution in [3.63, 3.8) is 0 Å². The second-order valence-corrected chi connectivity index (χ2v) is 12.8. The number of phenols is 1. The van der Waals surface area contributed by atoms with Gasteiger partial charge in [-0.1, -0.05) is 64.1 Å². The normalized spacial score (nSPS) is 30.6. The third kappa shape index (κ3) is 10.6. The van der Waals surface area contributed by atoms with Crippen LogP contribution in [-0.4, -0.2) is 91.0 Å². The van der Waals surface area contributed by atoms with E-state index in [9.17, 15) is 24.3 Å². The van der Waals surface area contributed by atoms with Crippen LogP contribution in [0.25, 0.3) is 0 Å². The molecule has 2 aliphatic heterocycles. The molecule has 0 saturated carbocycles. The zero-order valence-electron chi connectivity index (χ0n) is 28.6. The predicted octanol–water partition coefficient (Wildman–Crippen LogP) is 2.81. The van der Waals surface area contributed by atoms with Crippen molar-refractivity contribution in [2.45, 2.75) is 96.7 Å². The Morgan fingerprint density at radius 1 is 1.02 bits per heavy atom. The fraction of sp³-hybridized carbons (Fsp3) is 0.600. The van der Waals surface area contributed by atoms with Gasteiger partial charge in [0.2, 0.25) is 11.8 Å². The number of benzene rings is 1. The lowest BCUT2D eigenvalue weighted by Gasteiger charge is -2.36. The molecule has 260 valence electrons. The van der Waals surface area contributed by atoms with Crippen molar-refractivity contribution in [2.75, 3.05) is 20.8 Å². The molecule has 2 heterocycles. The summed E-state index contributed by atoms with van der Waals surface area (Å²) < 4.78 is 17.2. The van der Waals surface area contributed by atoms with E-state index in [2.05, 4.69) is 16.1 Å². The van der Waals surface area contributed by atoms with Gasteiger partial charge in [-0.15, -0.1) is 0 Å². The molecular formula is C35H52N4O8. The molecule has 0 aliphatic carbocycles. The molecule has 0 radical (unpaired) electrons. The van der Waals surface area contributed by atoms with E-state index < -0.39 is 54.0 Å². The van der Waals surface area contributed by atoms with Crippen LogP contribution in [0.3, 0.4) is 0 Å². The number of ether oxygens (including phenoxy) is 3. The lowest BCUT2D eigenvalue weighted by Crippen LogP contribution is -2.62. The van der Waals surface area contributed by atoms with E-state index in [1.807, 2.05) is 45.1 Å². The summed E-state index contributed by atoms with van der Waals surface area (Å²) in [6.45, 7) is 9.43. The Labute approximate surface area is 278 Å². The Balaban J connectivity index is 1.98. The number of fused-ring (bicyclic) bond motifs is 2. The van der Waals surface area contributed by atoms with Gasteiger partial charge in [0, 0.05) is 39.5 Å². The summed E-state index contributed by atoms with van der Waals surface area (Å²) in [5.41, 5.74) is 3.63. The highest BCUT2D eigenvalue weighted by atomic mass is 16.5. The topological polar surface area (TPSA) is 156 Å². The third-order valence-corrected chi connectivity index (χ3v) is 8.77. The predicted molar refractivity (Wildman–Crippen MR) is 177 cm³/mol. The number of aromatic hydroxyl groups is 1. The van der Waals surface area contributed by atoms with Crippen molar-refractivity contribution in [3.05, 3.63) is 54.1 Å². The van der Waals surface area contributed by atoms with E-state index in [1.165, 1.54) is 24.3 Å². The first kappa shape index (κ1) is 37.7. The molecule has 8 atom stereocenters. The summed E-state index contributed by atoms with van der Waals surface area (Å²) in [7, 11) is 3.13. The molecule has 3 amide bonds. The SMILES string of the molecule is COC1C=CC=CCC(C)OC(=O)C2CCCN(N2)C(=O)C(Cc2cccc(O)c2)NC(=O)C(C(C)C)NC(=O)C(C)C(OC)C1C. The number of nitrogens with one attached hydrogen (secondary N) is 3. The van der Waals surface area contributed by atoms with Crippen LogP contribution in [0.4, 0.5) is 0 Å². The highest BCUT2D eigenvalue weighted by Crippen LogP contribution is 2.24. The van der Waals surface area contributed by atoms with Crippen LogP contribution in [-0.2, 0) is 39.8 Å². The smallest absolute Gasteiger partial charge is 0.325 e. The van der Waals surface area contributed by atoms with Crippen LogP contribution in [0.15, 0.2) is 48.6 Å². The summed E-state index contributed by atoms with van der Waals surface area (Å²) in [5.74, 6) is -2.99. The number of carbonyl (C=O) groups is 4. The molecule has 4 N–H and O–H groups in total. The molecular weight excluding hydrogens is 604 g/mol. The monoisotopic (exact) mass is 656 g/mol. The fourth-order valence-electron chi connectivity index (χ4n) is 6.03. The second-order valence-electron chi connectivity index (χ2n) is 12.8. The molecule has 1 aromatic rings. The number of cyclic esters (lactones) is 1. The number of phenolic OH excluding ortho intramolecular Hbond substituents is 1. The Bertz CT molecular complexity index is 1280. The fourth-order valence-corrected chi connectivity index (χ4v) is 6.03. The van der Waals surface area contributed by atoms with Gasteiger partial charge in [0.25, 0.3) is 5.91 Å². The molecule has 1 aromatic carbocycles. The second kappa shape index (κ2) is 18.0. The Morgan fingerprint density at radius 3 is 2.43 bits per heavy atom. The van der Waals surface area contributed by atoms with Gasteiger partial charge in [-0.25, -0.2) is 5.43 Å². The van der Waals surface area contributed by atoms with Gasteiger partial charge < -0.3 is 30.0 Å². The number of carbonyl (C=O) groups excluding carboxylic acids is 4. The van der Waals surface area contributed by atoms with Crippen LogP contribution >= 0.6 is 0 Å². The standard InChI is InChI=1S/C35H52N4O8/c1-21(2)30-33(42)36-28(20-25-14-11-15-26(40)19-25)34(43)39-18-12-16-27(38-39)35(44)47-22(3)13-9-8-10-17-29(45-6)23(4)31(46-7)24(5)32(41)37-30/h8-11,14-15,17,19,21-24,27-31,38,40H,12-13,16,18,20H2,1-7H3,(H,36,42)(H,37,41). The number of rotatable bonds is 5. The number of nitrogens with zero attached hydrogens (tertiary/aromatic N) is 1. The Kier molecular flexibility index (Phi) is 14.4. The zero-order chi connectivity index (χ0) is 34.7. The summed E-state index contributed by atoms with van der Waals surface area (Å²) in [6.07, 6.45) is 7.74. The minimum atomic E-state index is -1.06. The molecule has 2 aliphatic rings. The number of hydrogen-bond acceptors (Lipinski definition) is 9. The number of methoxy groups -OCH3 is 2. The molecule has 1 saturated heterocycles. The van der Waals surface area contributed by atoms with Crippen LogP contribution in [0.5, 0.6) is 5.75 Å². The summed E-state index contributed by atoms with van der Waals surface area (Å²) in [4.78, 5) is 54.5. The van der Waals surface area contributed by atoms with Gasteiger partial charge in [-0.2, -0.15) is 0 Å². The highest BCUT2D eigenvalue weighted by molar-refractivity contribution is 5.93. The maximum Gasteiger partial charge on any atom is 0.325 e. The number of allylic oxidation sites excluding steroid dienone is 2. The first-order chi connectivity index (χ1) is 22.4. The van der Waals surface area contributed by atoms with Crippen molar-refractivity contribution in [1.82, 2.24) is 21.1 Å². The average Bonchev–Trinajstić information content (AvgIpc) is 3.04. The van der Waals surface area contributed by atoms with Gasteiger partial charge in [0.1, 0.15) is 30.0 Å². The molecule has 47 heavy (non-hydrogen) atoms. The number of amides is 3. The summed E-state index contributed by atoms with van der Waals surface area (Å²) >= 11 is 0. The maximum atomic E-state index is 14.0. The van der Waals surface area contributed by atoms with Crippen LogP contribution in [0.2, 0.25) is 0 Å². The Hall–Kier alpha value is -3.74. The molecule has 0 aromatic heterocycles. The van der Waals surface area contributed by atoms with E-state index in [4.69, 9.17) is 14.2 Å². The van der Waals surface area contributed by atoms with Crippen LogP contribution in [0.1, 0.15) is 59.4 Å². The average molecular weight is 657 g/mol. The molecule has 8 unspecified atom stereocenters. The maximum absolute atomic E-state index is 14.0. The van der Waals surface area contributed by atoms with Crippen molar-refractivity contribution < 1.29 is 38.5 Å². The quantitative estimate of drug-likeness (QED) is 0.350. The number of hydrazine groups is 1. The lowest BCUT2D eigenvalue weighted by atomic mass is 9.87. The minimum absolute atomic E-state index is 0.0250. The lowest BCUT2D eigenvalue weighted by molar-refractivity contribution is -0.156. The van der Waals surface area contributed by atoms with Gasteiger partial charge >= 0.3 is 5.97 Å². The van der Waals surface area contributed by atoms with Gasteiger partial charge in [-0.05, 0) is 43.4 Å². The molecule has 3 rings (SSSR count). The van der Waals surface area contributed by atoms with Gasteiger partial charge in [-0.3, -0.25) is 24.2 Å². The van der Waals surface area contributed by atoms with E-state index in [0.717, 1.165) is 0 Å². The molecule has 2 bridgehead atoms. The first-order valence-corrected chi connectivity index (χ1v) is 16.4. The third-order valence-electron chi connectivity index (χ3n) is 8.77. The minimum Gasteiger partial charge on any atom is -0.508 e. The van der Waals surface area contributed by atoms with Crippen molar-refractivity contribution in [2.24, 2.45) is 17.8 Å². The van der Waals surface area contributed by atoms with Crippen molar-refractivity contribution >= 4 is 23.7 Å². The van der Waals surface area contributed by atoms with E-state index in [-0.39, 0.29) is 36.0 Å². The van der Waals surface area contributed by atoms with Gasteiger partial charge in [0.15, 0.2) is 0 Å². The number of hydrogen-bond donors (Lipinski definition) is 4. The zero-order valence-corrected chi connectivity index (χ0v) is 28.6. The molecule has 12 nitrogen and oxygen atoms in total. The van der Waals surface area contributed by atoms with Crippen LogP contribution in [0, 0.1) is 17.8 Å². The molecule has 1 fully saturated rings.